The fraction of sp³-hybridized carbons (Fsp3) is 0.867. The number of primary amides is 1. The molecule has 0 saturated heterocycles. The zero-order valence-electron chi connectivity index (χ0n) is 41.6. The standard InChI is InChI=1S/C9H19NO.2C8H17NO.C7H15NO.C7H14O.C6H13NO/c1-6-10(5)8(11)7-9(2,3)4;1-8(2,3)6-7(10)9(4)5;1-5-9-7(10)6-8(2,3)4;1-7(2,3)5-6(9)8-4;1-6(8)5-7(2,3)4;1-6(2,3)4-5(7)8/h6-7H2,1-5H3;6H2,1-5H3;5-6H2,1-4H3,(H,9,10);5H2,1-4H3,(H,8,9);5H2,1-4H3;4H2,1-3H3,(H2,7,8). The fourth-order valence-electron chi connectivity index (χ4n) is 3.96. The summed E-state index contributed by atoms with van der Waals surface area (Å²) >= 11 is 0. The van der Waals surface area contributed by atoms with Gasteiger partial charge in [0.1, 0.15) is 5.78 Å². The highest BCUT2D eigenvalue weighted by Gasteiger charge is 2.19. The number of nitrogens with zero attached hydrogens (tertiary/aromatic N) is 2. The maximum atomic E-state index is 11.3. The largest absolute Gasteiger partial charge is 0.370 e. The zero-order chi connectivity index (χ0) is 46.7. The Kier molecular flexibility index (Phi) is 34.9. The van der Waals surface area contributed by atoms with Crippen molar-refractivity contribution in [2.45, 2.75) is 184 Å². The monoisotopic (exact) mass is 802 g/mol. The molecular weight excluding hydrogens is 707 g/mol. The lowest BCUT2D eigenvalue weighted by Crippen LogP contribution is -2.29. The number of hydrogen-bond acceptors (Lipinski definition) is 6. The third-order valence-corrected chi connectivity index (χ3v) is 6.28. The van der Waals surface area contributed by atoms with Crippen LogP contribution in [0.1, 0.15) is 184 Å². The summed E-state index contributed by atoms with van der Waals surface area (Å²) in [5.74, 6) is 0.750. The number of amides is 5. The van der Waals surface area contributed by atoms with E-state index in [9.17, 15) is 28.8 Å². The van der Waals surface area contributed by atoms with Crippen molar-refractivity contribution in [2.24, 2.45) is 38.2 Å². The molecular formula is C45H95N5O6. The molecule has 0 aromatic rings. The van der Waals surface area contributed by atoms with E-state index in [0.717, 1.165) is 13.1 Å². The van der Waals surface area contributed by atoms with E-state index in [1.807, 2.05) is 62.4 Å². The molecule has 0 aromatic heterocycles. The quantitative estimate of drug-likeness (QED) is 0.222. The highest BCUT2D eigenvalue weighted by molar-refractivity contribution is 5.77. The molecule has 0 saturated carbocycles. The Balaban J connectivity index is -0.000000134. The Morgan fingerprint density at radius 1 is 0.482 bits per heavy atom. The second kappa shape index (κ2) is 30.1. The van der Waals surface area contributed by atoms with Crippen molar-refractivity contribution in [3.63, 3.8) is 0 Å². The molecule has 0 fully saturated rings. The Hall–Kier alpha value is -2.98. The van der Waals surface area contributed by atoms with Gasteiger partial charge in [-0.25, -0.2) is 0 Å². The van der Waals surface area contributed by atoms with Crippen LogP contribution in [0.25, 0.3) is 0 Å². The topological polar surface area (TPSA) is 159 Å². The minimum atomic E-state index is -0.225. The predicted molar refractivity (Wildman–Crippen MR) is 239 cm³/mol. The van der Waals surface area contributed by atoms with Gasteiger partial charge in [0, 0.05) is 79.8 Å². The number of Topliss-reactive ketones (excluding diaryl/α,β-unsaturated/α-hetero) is 1. The second-order valence-electron chi connectivity index (χ2n) is 21.9. The molecule has 0 atom stereocenters. The van der Waals surface area contributed by atoms with Gasteiger partial charge in [-0.3, -0.25) is 24.0 Å². The molecule has 0 heterocycles. The highest BCUT2D eigenvalue weighted by atomic mass is 16.2. The van der Waals surface area contributed by atoms with Crippen LogP contribution in [-0.4, -0.2) is 86.4 Å². The summed E-state index contributed by atoms with van der Waals surface area (Å²) in [4.78, 5) is 68.1. The summed E-state index contributed by atoms with van der Waals surface area (Å²) in [7, 11) is 7.07. The zero-order valence-corrected chi connectivity index (χ0v) is 41.6. The molecule has 0 unspecified atom stereocenters. The van der Waals surface area contributed by atoms with Crippen LogP contribution in [0.2, 0.25) is 0 Å². The first-order valence-corrected chi connectivity index (χ1v) is 20.1. The van der Waals surface area contributed by atoms with Crippen LogP contribution in [0, 0.1) is 32.5 Å². The van der Waals surface area contributed by atoms with Crippen LogP contribution in [0.15, 0.2) is 0 Å². The van der Waals surface area contributed by atoms with E-state index >= 15 is 0 Å². The van der Waals surface area contributed by atoms with Crippen molar-refractivity contribution in [1.82, 2.24) is 20.4 Å². The van der Waals surface area contributed by atoms with Crippen molar-refractivity contribution in [3.05, 3.63) is 0 Å². The fourth-order valence-corrected chi connectivity index (χ4v) is 3.96. The van der Waals surface area contributed by atoms with E-state index in [1.54, 1.807) is 37.9 Å². The summed E-state index contributed by atoms with van der Waals surface area (Å²) in [6, 6.07) is 0. The maximum Gasteiger partial charge on any atom is 0.222 e. The Labute approximate surface area is 347 Å². The van der Waals surface area contributed by atoms with Gasteiger partial charge in [0.05, 0.1) is 0 Å². The molecule has 11 nitrogen and oxygen atoms in total. The van der Waals surface area contributed by atoms with E-state index in [1.165, 1.54) is 0 Å². The molecule has 0 aliphatic carbocycles. The molecule has 5 amide bonds. The summed E-state index contributed by atoms with van der Waals surface area (Å²) in [6.07, 6.45) is 3.63. The smallest absolute Gasteiger partial charge is 0.222 e. The van der Waals surface area contributed by atoms with Gasteiger partial charge in [0.25, 0.3) is 0 Å². The molecule has 336 valence electrons. The van der Waals surface area contributed by atoms with Crippen LogP contribution in [0.5, 0.6) is 0 Å². The third-order valence-electron chi connectivity index (χ3n) is 6.28. The molecule has 0 rings (SSSR count). The van der Waals surface area contributed by atoms with Gasteiger partial charge in [-0.2, -0.15) is 0 Å². The average Bonchev–Trinajstić information content (AvgIpc) is 2.87. The first kappa shape index (κ1) is 64.9. The van der Waals surface area contributed by atoms with E-state index in [4.69, 9.17) is 5.73 Å². The molecule has 0 radical (unpaired) electrons. The van der Waals surface area contributed by atoms with E-state index in [0.29, 0.717) is 38.5 Å². The lowest BCUT2D eigenvalue weighted by Gasteiger charge is -2.21. The molecule has 0 bridgehead atoms. The van der Waals surface area contributed by atoms with Gasteiger partial charge in [0.2, 0.25) is 29.5 Å². The maximum absolute atomic E-state index is 11.3. The number of carbonyl (C=O) groups excluding carboxylic acids is 6. The van der Waals surface area contributed by atoms with Crippen LogP contribution in [0.4, 0.5) is 0 Å². The predicted octanol–water partition coefficient (Wildman–Crippen LogP) is 9.06. The lowest BCUT2D eigenvalue weighted by atomic mass is 9.91. The lowest BCUT2D eigenvalue weighted by molar-refractivity contribution is -0.132. The first-order valence-electron chi connectivity index (χ1n) is 20.1. The number of nitrogens with one attached hydrogen (secondary N) is 2. The molecule has 0 aliphatic heterocycles. The number of ketones is 1. The molecule has 0 aromatic carbocycles. The van der Waals surface area contributed by atoms with Crippen LogP contribution in [0.3, 0.4) is 0 Å². The summed E-state index contributed by atoms with van der Waals surface area (Å²) in [6.45, 7) is 44.0. The molecule has 4 N–H and O–H groups in total. The molecule has 11 heteroatoms. The summed E-state index contributed by atoms with van der Waals surface area (Å²) in [5.41, 5.74) is 5.61. The number of rotatable bonds is 8. The summed E-state index contributed by atoms with van der Waals surface area (Å²) < 4.78 is 0. The normalized spacial score (nSPS) is 11.3. The van der Waals surface area contributed by atoms with Crippen LogP contribution < -0.4 is 16.4 Å². The van der Waals surface area contributed by atoms with Gasteiger partial charge in [-0.05, 0) is 53.3 Å². The van der Waals surface area contributed by atoms with Crippen molar-refractivity contribution in [1.29, 1.82) is 0 Å². The number of hydrogen-bond donors (Lipinski definition) is 3. The minimum Gasteiger partial charge on any atom is -0.370 e. The van der Waals surface area contributed by atoms with Crippen molar-refractivity contribution in [2.75, 3.05) is 41.3 Å². The van der Waals surface area contributed by atoms with E-state index < -0.39 is 0 Å². The second-order valence-corrected chi connectivity index (χ2v) is 21.9. The molecule has 56 heavy (non-hydrogen) atoms. The van der Waals surface area contributed by atoms with E-state index in [2.05, 4.69) is 93.7 Å². The van der Waals surface area contributed by atoms with Gasteiger partial charge in [0.15, 0.2) is 0 Å². The van der Waals surface area contributed by atoms with E-state index in [-0.39, 0.29) is 67.8 Å². The van der Waals surface area contributed by atoms with Crippen LogP contribution >= 0.6 is 0 Å². The third kappa shape index (κ3) is 72.3. The Morgan fingerprint density at radius 3 is 0.929 bits per heavy atom. The van der Waals surface area contributed by atoms with Crippen LogP contribution in [-0.2, 0) is 28.8 Å². The van der Waals surface area contributed by atoms with Gasteiger partial charge in [-0.15, -0.1) is 0 Å². The number of nitrogens with two attached hydrogens (primary N) is 1. The minimum absolute atomic E-state index is 0.0475. The van der Waals surface area contributed by atoms with Crippen molar-refractivity contribution >= 4 is 35.3 Å². The Morgan fingerprint density at radius 2 is 0.786 bits per heavy atom. The van der Waals surface area contributed by atoms with Gasteiger partial charge in [-0.1, -0.05) is 125 Å². The highest BCUT2D eigenvalue weighted by Crippen LogP contribution is 2.21. The molecule has 0 spiro atoms. The van der Waals surface area contributed by atoms with Crippen molar-refractivity contribution in [3.8, 4) is 0 Å². The Bertz CT molecular complexity index is 1080. The van der Waals surface area contributed by atoms with Gasteiger partial charge < -0.3 is 31.0 Å². The SMILES string of the molecule is CC(=O)CC(C)(C)C.CC(C)(C)CC(N)=O.CCN(C)C(=O)CC(C)(C)C.CCNC(=O)CC(C)(C)C.CN(C)C(=O)CC(C)(C)C.CNC(=O)CC(C)(C)C. The van der Waals surface area contributed by atoms with Gasteiger partial charge >= 0.3 is 0 Å². The number of carbonyl (C=O) groups is 6. The molecule has 0 aliphatic rings. The average molecular weight is 802 g/mol. The first-order chi connectivity index (χ1) is 24.4. The summed E-state index contributed by atoms with van der Waals surface area (Å²) in [5, 5.41) is 5.35. The van der Waals surface area contributed by atoms with Crippen molar-refractivity contribution < 1.29 is 28.8 Å².